The van der Waals surface area contributed by atoms with Crippen molar-refractivity contribution in [1.82, 2.24) is 0 Å². The first-order valence-corrected chi connectivity index (χ1v) is 10.2. The Labute approximate surface area is 188 Å². The van der Waals surface area contributed by atoms with Crippen LogP contribution in [0.4, 0.5) is 5.69 Å². The third-order valence-electron chi connectivity index (χ3n) is 4.78. The lowest BCUT2D eigenvalue weighted by Gasteiger charge is -2.14. The van der Waals surface area contributed by atoms with Gasteiger partial charge in [-0.2, -0.15) is 0 Å². The third-order valence-corrected chi connectivity index (χ3v) is 5.03. The van der Waals surface area contributed by atoms with Crippen LogP contribution in [0.3, 0.4) is 0 Å². The number of hydrogen-bond donors (Lipinski definition) is 1. The van der Waals surface area contributed by atoms with Gasteiger partial charge in [0.15, 0.2) is 12.7 Å². The van der Waals surface area contributed by atoms with Crippen LogP contribution in [0.15, 0.2) is 65.1 Å². The van der Waals surface area contributed by atoms with E-state index < -0.39 is 24.6 Å². The lowest BCUT2D eigenvalue weighted by atomic mass is 10.1. The van der Waals surface area contributed by atoms with Crippen molar-refractivity contribution in [1.29, 1.82) is 0 Å². The van der Waals surface area contributed by atoms with Crippen LogP contribution in [0.1, 0.15) is 6.92 Å². The van der Waals surface area contributed by atoms with Crippen molar-refractivity contribution in [3.63, 3.8) is 0 Å². The highest BCUT2D eigenvalue weighted by Gasteiger charge is 2.19. The molecule has 4 rings (SSSR count). The molecule has 3 aromatic carbocycles. The number of rotatable bonds is 7. The second-order valence-corrected chi connectivity index (χ2v) is 7.45. The second kappa shape index (κ2) is 9.20. The number of carbonyl (C=O) groups excluding carboxylic acids is 2. The van der Waals surface area contributed by atoms with Gasteiger partial charge in [-0.05, 0) is 43.3 Å². The SMILES string of the molecule is COc1cc2c(cc1NC(=O)COC(=O)C(C)Oc1ccc(Cl)cc1)oc1ccccc12. The van der Waals surface area contributed by atoms with E-state index in [0.29, 0.717) is 27.8 Å². The molecule has 0 saturated heterocycles. The van der Waals surface area contributed by atoms with Gasteiger partial charge in [0.1, 0.15) is 22.7 Å². The average molecular weight is 454 g/mol. The summed E-state index contributed by atoms with van der Waals surface area (Å²) in [6, 6.07) is 17.7. The van der Waals surface area contributed by atoms with Gasteiger partial charge in [0.05, 0.1) is 12.8 Å². The van der Waals surface area contributed by atoms with Crippen LogP contribution in [0, 0.1) is 0 Å². The second-order valence-electron chi connectivity index (χ2n) is 7.02. The maximum absolute atomic E-state index is 12.4. The monoisotopic (exact) mass is 453 g/mol. The van der Waals surface area contributed by atoms with Gasteiger partial charge in [0, 0.05) is 21.9 Å². The fourth-order valence-electron chi connectivity index (χ4n) is 3.22. The van der Waals surface area contributed by atoms with Crippen LogP contribution in [0.25, 0.3) is 21.9 Å². The third kappa shape index (κ3) is 4.63. The van der Waals surface area contributed by atoms with Crippen molar-refractivity contribution >= 4 is 51.1 Å². The van der Waals surface area contributed by atoms with Crippen molar-refractivity contribution in [2.75, 3.05) is 19.0 Å². The van der Waals surface area contributed by atoms with Crippen molar-refractivity contribution in [2.24, 2.45) is 0 Å². The van der Waals surface area contributed by atoms with Crippen LogP contribution in [-0.2, 0) is 14.3 Å². The zero-order chi connectivity index (χ0) is 22.7. The minimum Gasteiger partial charge on any atom is -0.495 e. The molecule has 1 amide bonds. The Bertz CT molecular complexity index is 1280. The number of carbonyl (C=O) groups is 2. The van der Waals surface area contributed by atoms with Gasteiger partial charge in [-0.3, -0.25) is 4.79 Å². The molecule has 0 spiro atoms. The summed E-state index contributed by atoms with van der Waals surface area (Å²) in [6.07, 6.45) is -0.898. The Morgan fingerprint density at radius 3 is 2.53 bits per heavy atom. The maximum Gasteiger partial charge on any atom is 0.347 e. The largest absolute Gasteiger partial charge is 0.495 e. The quantitative estimate of drug-likeness (QED) is 0.387. The number of fused-ring (bicyclic) bond motifs is 3. The van der Waals surface area contributed by atoms with Crippen LogP contribution >= 0.6 is 11.6 Å². The molecule has 0 radical (unpaired) electrons. The topological polar surface area (TPSA) is 87.0 Å². The first-order valence-electron chi connectivity index (χ1n) is 9.82. The van der Waals surface area contributed by atoms with E-state index >= 15 is 0 Å². The zero-order valence-electron chi connectivity index (χ0n) is 17.4. The molecule has 164 valence electrons. The number of amides is 1. The summed E-state index contributed by atoms with van der Waals surface area (Å²) in [5.74, 6) is -0.268. The van der Waals surface area contributed by atoms with Crippen molar-refractivity contribution in [3.8, 4) is 11.5 Å². The minimum atomic E-state index is -0.898. The van der Waals surface area contributed by atoms with E-state index in [4.69, 9.17) is 30.2 Å². The molecule has 0 fully saturated rings. The van der Waals surface area contributed by atoms with E-state index in [0.717, 1.165) is 16.4 Å². The molecule has 0 saturated carbocycles. The smallest absolute Gasteiger partial charge is 0.347 e. The Hall–Kier alpha value is -3.71. The molecule has 1 N–H and O–H groups in total. The number of esters is 1. The average Bonchev–Trinajstić information content (AvgIpc) is 3.15. The van der Waals surface area contributed by atoms with Gasteiger partial charge in [-0.15, -0.1) is 0 Å². The number of furan rings is 1. The first-order chi connectivity index (χ1) is 15.4. The molecule has 7 nitrogen and oxygen atoms in total. The molecule has 32 heavy (non-hydrogen) atoms. The highest BCUT2D eigenvalue weighted by atomic mass is 35.5. The van der Waals surface area contributed by atoms with Gasteiger partial charge < -0.3 is 23.9 Å². The summed E-state index contributed by atoms with van der Waals surface area (Å²) in [5, 5.41) is 5.06. The highest BCUT2D eigenvalue weighted by Crippen LogP contribution is 2.36. The van der Waals surface area contributed by atoms with Crippen LogP contribution < -0.4 is 14.8 Å². The fourth-order valence-corrected chi connectivity index (χ4v) is 3.35. The van der Waals surface area contributed by atoms with Crippen LogP contribution in [-0.4, -0.2) is 31.7 Å². The minimum absolute atomic E-state index is 0.408. The number of benzene rings is 3. The van der Waals surface area contributed by atoms with E-state index in [1.807, 2.05) is 24.3 Å². The van der Waals surface area contributed by atoms with Gasteiger partial charge in [0.25, 0.3) is 5.91 Å². The molecular weight excluding hydrogens is 434 g/mol. The normalized spacial score (nSPS) is 11.8. The molecule has 0 aliphatic carbocycles. The van der Waals surface area contributed by atoms with E-state index in [-0.39, 0.29) is 0 Å². The van der Waals surface area contributed by atoms with Gasteiger partial charge in [-0.1, -0.05) is 29.8 Å². The number of ether oxygens (including phenoxy) is 3. The molecule has 1 heterocycles. The fraction of sp³-hybridized carbons (Fsp3) is 0.167. The summed E-state index contributed by atoms with van der Waals surface area (Å²) >= 11 is 5.83. The number of hydrogen-bond acceptors (Lipinski definition) is 6. The van der Waals surface area contributed by atoms with Gasteiger partial charge >= 0.3 is 5.97 Å². The number of methoxy groups -OCH3 is 1. The lowest BCUT2D eigenvalue weighted by Crippen LogP contribution is -2.29. The Morgan fingerprint density at radius 2 is 1.78 bits per heavy atom. The summed E-state index contributed by atoms with van der Waals surface area (Å²) in [7, 11) is 1.51. The standard InChI is InChI=1S/C24H20ClNO6/c1-14(31-16-9-7-15(25)8-10-16)24(28)30-13-23(27)26-19-12-21-18(11-22(19)29-2)17-5-3-4-6-20(17)32-21/h3-12,14H,13H2,1-2H3,(H,26,27). The Kier molecular flexibility index (Phi) is 6.18. The molecule has 0 bridgehead atoms. The summed E-state index contributed by atoms with van der Waals surface area (Å²) in [4.78, 5) is 24.6. The summed E-state index contributed by atoms with van der Waals surface area (Å²) in [5.41, 5.74) is 1.74. The Morgan fingerprint density at radius 1 is 1.03 bits per heavy atom. The zero-order valence-corrected chi connectivity index (χ0v) is 18.1. The molecular formula is C24H20ClNO6. The number of anilines is 1. The highest BCUT2D eigenvalue weighted by molar-refractivity contribution is 6.30. The summed E-state index contributed by atoms with van der Waals surface area (Å²) in [6.45, 7) is 1.06. The molecule has 8 heteroatoms. The molecule has 1 unspecified atom stereocenters. The van der Waals surface area contributed by atoms with Crippen LogP contribution in [0.2, 0.25) is 5.02 Å². The van der Waals surface area contributed by atoms with E-state index in [1.165, 1.54) is 14.0 Å². The van der Waals surface area contributed by atoms with E-state index in [2.05, 4.69) is 5.32 Å². The molecule has 0 aliphatic heterocycles. The predicted molar refractivity (Wildman–Crippen MR) is 121 cm³/mol. The summed E-state index contributed by atoms with van der Waals surface area (Å²) < 4.78 is 21.8. The molecule has 1 atom stereocenters. The van der Waals surface area contributed by atoms with Crippen LogP contribution in [0.5, 0.6) is 11.5 Å². The Balaban J connectivity index is 1.40. The number of nitrogens with one attached hydrogen (secondary N) is 1. The lowest BCUT2D eigenvalue weighted by molar-refractivity contribution is -0.153. The molecule has 1 aromatic heterocycles. The van der Waals surface area contributed by atoms with Gasteiger partial charge in [-0.25, -0.2) is 4.79 Å². The van der Waals surface area contributed by atoms with Crippen molar-refractivity contribution in [3.05, 3.63) is 65.7 Å². The molecule has 0 aliphatic rings. The van der Waals surface area contributed by atoms with Crippen molar-refractivity contribution in [2.45, 2.75) is 13.0 Å². The number of halogens is 1. The van der Waals surface area contributed by atoms with E-state index in [9.17, 15) is 9.59 Å². The van der Waals surface area contributed by atoms with Gasteiger partial charge in [0.2, 0.25) is 0 Å². The predicted octanol–water partition coefficient (Wildman–Crippen LogP) is 5.20. The number of para-hydroxylation sites is 1. The first kappa shape index (κ1) is 21.5. The maximum atomic E-state index is 12.4. The molecule has 4 aromatic rings. The van der Waals surface area contributed by atoms with E-state index in [1.54, 1.807) is 36.4 Å². The van der Waals surface area contributed by atoms with Crippen molar-refractivity contribution < 1.29 is 28.2 Å².